The molecule has 0 radical (unpaired) electrons. The van der Waals surface area contributed by atoms with Crippen molar-refractivity contribution in [3.63, 3.8) is 0 Å². The van der Waals surface area contributed by atoms with Crippen LogP contribution in [0.4, 0.5) is 0 Å². The molecule has 2 rings (SSSR count). The Balaban J connectivity index is 1.95. The van der Waals surface area contributed by atoms with E-state index in [9.17, 15) is 0 Å². The van der Waals surface area contributed by atoms with E-state index in [-0.39, 0.29) is 0 Å². The summed E-state index contributed by atoms with van der Waals surface area (Å²) in [4.78, 5) is 0. The van der Waals surface area contributed by atoms with Crippen molar-refractivity contribution in [1.82, 2.24) is 5.32 Å². The van der Waals surface area contributed by atoms with Gasteiger partial charge in [0.05, 0.1) is 12.7 Å². The molecule has 2 fully saturated rings. The zero-order valence-corrected chi connectivity index (χ0v) is 8.59. The molecule has 0 bridgehead atoms. The molecule has 2 heteroatoms. The van der Waals surface area contributed by atoms with Gasteiger partial charge in [-0.25, -0.2) is 0 Å². The van der Waals surface area contributed by atoms with Crippen LogP contribution in [0.15, 0.2) is 0 Å². The van der Waals surface area contributed by atoms with Crippen LogP contribution in [0.1, 0.15) is 39.0 Å². The molecule has 1 saturated heterocycles. The maximum atomic E-state index is 5.94. The lowest BCUT2D eigenvalue weighted by atomic mass is 10.1. The standard InChI is InChI=1S/C11H21NO/c1-9-7-12-10-5-3-2-4-6-11(10)13-8-9/h9-12H,2-8H2,1H3. The maximum absolute atomic E-state index is 5.94. The predicted octanol–water partition coefficient (Wildman–Crippen LogP) is 1.94. The van der Waals surface area contributed by atoms with E-state index in [1.54, 1.807) is 0 Å². The highest BCUT2D eigenvalue weighted by atomic mass is 16.5. The van der Waals surface area contributed by atoms with E-state index in [1.807, 2.05) is 0 Å². The summed E-state index contributed by atoms with van der Waals surface area (Å²) < 4.78 is 5.94. The van der Waals surface area contributed by atoms with E-state index < -0.39 is 0 Å². The second kappa shape index (κ2) is 4.43. The second-order valence-electron chi connectivity index (χ2n) is 4.63. The summed E-state index contributed by atoms with van der Waals surface area (Å²) in [7, 11) is 0. The Morgan fingerprint density at radius 1 is 1.15 bits per heavy atom. The smallest absolute Gasteiger partial charge is 0.0728 e. The van der Waals surface area contributed by atoms with E-state index >= 15 is 0 Å². The van der Waals surface area contributed by atoms with Gasteiger partial charge >= 0.3 is 0 Å². The van der Waals surface area contributed by atoms with Crippen molar-refractivity contribution in [1.29, 1.82) is 0 Å². The van der Waals surface area contributed by atoms with Gasteiger partial charge in [-0.15, -0.1) is 0 Å². The van der Waals surface area contributed by atoms with E-state index in [0.29, 0.717) is 18.1 Å². The van der Waals surface area contributed by atoms with Crippen LogP contribution in [0.3, 0.4) is 0 Å². The molecule has 1 aliphatic heterocycles. The highest BCUT2D eigenvalue weighted by Gasteiger charge is 2.27. The SMILES string of the molecule is CC1CNC2CCCCCC2OC1. The molecule has 1 aliphatic carbocycles. The number of hydrogen-bond acceptors (Lipinski definition) is 2. The maximum Gasteiger partial charge on any atom is 0.0728 e. The molecule has 0 aromatic carbocycles. The molecule has 1 heterocycles. The molecule has 13 heavy (non-hydrogen) atoms. The molecule has 0 spiro atoms. The van der Waals surface area contributed by atoms with E-state index in [4.69, 9.17) is 4.74 Å². The van der Waals surface area contributed by atoms with Gasteiger partial charge in [-0.1, -0.05) is 26.2 Å². The molecule has 2 nitrogen and oxygen atoms in total. The van der Waals surface area contributed by atoms with Crippen LogP contribution < -0.4 is 5.32 Å². The van der Waals surface area contributed by atoms with Crippen LogP contribution in [0.2, 0.25) is 0 Å². The Bertz CT molecular complexity index is 144. The average molecular weight is 183 g/mol. The summed E-state index contributed by atoms with van der Waals surface area (Å²) in [6.07, 6.45) is 7.23. The first-order valence-electron chi connectivity index (χ1n) is 5.71. The Kier molecular flexibility index (Phi) is 3.23. The minimum atomic E-state index is 0.507. The van der Waals surface area contributed by atoms with Gasteiger partial charge in [0.1, 0.15) is 0 Å². The summed E-state index contributed by atoms with van der Waals surface area (Å²) in [6.45, 7) is 4.35. The Hall–Kier alpha value is -0.0800. The summed E-state index contributed by atoms with van der Waals surface area (Å²) >= 11 is 0. The summed E-state index contributed by atoms with van der Waals surface area (Å²) in [5, 5.41) is 3.65. The van der Waals surface area contributed by atoms with Gasteiger partial charge in [-0.3, -0.25) is 0 Å². The monoisotopic (exact) mass is 183 g/mol. The number of hydrogen-bond donors (Lipinski definition) is 1. The molecule has 0 aromatic heterocycles. The average Bonchev–Trinajstić information content (AvgIpc) is 2.43. The lowest BCUT2D eigenvalue weighted by Gasteiger charge is -2.22. The number of fused-ring (bicyclic) bond motifs is 1. The van der Waals surface area contributed by atoms with Crippen LogP contribution in [-0.4, -0.2) is 25.3 Å². The zero-order chi connectivity index (χ0) is 9.10. The molecule has 0 aromatic rings. The minimum absolute atomic E-state index is 0.507. The first-order valence-corrected chi connectivity index (χ1v) is 5.71. The quantitative estimate of drug-likeness (QED) is 0.619. The molecule has 1 N–H and O–H groups in total. The summed E-state index contributed by atoms with van der Waals surface area (Å²) in [6, 6.07) is 0.646. The van der Waals surface area contributed by atoms with Crippen molar-refractivity contribution in [3.8, 4) is 0 Å². The van der Waals surface area contributed by atoms with Gasteiger partial charge in [0.15, 0.2) is 0 Å². The lowest BCUT2D eigenvalue weighted by molar-refractivity contribution is 0.0273. The molecule has 1 saturated carbocycles. The molecule has 2 aliphatic rings. The molecule has 3 unspecified atom stereocenters. The van der Waals surface area contributed by atoms with Crippen molar-refractivity contribution in [2.24, 2.45) is 5.92 Å². The highest BCUT2D eigenvalue weighted by molar-refractivity contribution is 4.83. The fourth-order valence-corrected chi connectivity index (χ4v) is 2.41. The van der Waals surface area contributed by atoms with Crippen molar-refractivity contribution in [3.05, 3.63) is 0 Å². The molecule has 76 valence electrons. The summed E-state index contributed by atoms with van der Waals surface area (Å²) in [5.41, 5.74) is 0. The third kappa shape index (κ3) is 2.44. The van der Waals surface area contributed by atoms with Crippen molar-refractivity contribution in [2.75, 3.05) is 13.2 Å². The van der Waals surface area contributed by atoms with Crippen LogP contribution in [-0.2, 0) is 4.74 Å². The van der Waals surface area contributed by atoms with Crippen LogP contribution >= 0.6 is 0 Å². The molecule has 0 amide bonds. The van der Waals surface area contributed by atoms with Gasteiger partial charge < -0.3 is 10.1 Å². The fourth-order valence-electron chi connectivity index (χ4n) is 2.41. The van der Waals surface area contributed by atoms with Crippen molar-refractivity contribution < 1.29 is 4.74 Å². The van der Waals surface area contributed by atoms with Crippen molar-refractivity contribution in [2.45, 2.75) is 51.2 Å². The van der Waals surface area contributed by atoms with Gasteiger partial charge in [-0.05, 0) is 18.8 Å². The predicted molar refractivity (Wildman–Crippen MR) is 53.8 cm³/mol. The molecule has 3 atom stereocenters. The fraction of sp³-hybridized carbons (Fsp3) is 1.00. The first kappa shape index (κ1) is 9.47. The Labute approximate surface area is 81.0 Å². The van der Waals surface area contributed by atoms with E-state index in [1.165, 1.54) is 32.1 Å². The van der Waals surface area contributed by atoms with Gasteiger partial charge in [0.25, 0.3) is 0 Å². The van der Waals surface area contributed by atoms with Crippen molar-refractivity contribution >= 4 is 0 Å². The van der Waals surface area contributed by atoms with Gasteiger partial charge in [-0.2, -0.15) is 0 Å². The largest absolute Gasteiger partial charge is 0.376 e. The number of nitrogens with one attached hydrogen (secondary N) is 1. The normalized spacial score (nSPS) is 41.8. The van der Waals surface area contributed by atoms with E-state index in [0.717, 1.165) is 13.2 Å². The van der Waals surface area contributed by atoms with Gasteiger partial charge in [0.2, 0.25) is 0 Å². The number of ether oxygens (including phenoxy) is 1. The molecular formula is C11H21NO. The topological polar surface area (TPSA) is 21.3 Å². The van der Waals surface area contributed by atoms with Crippen LogP contribution in [0.5, 0.6) is 0 Å². The van der Waals surface area contributed by atoms with Crippen LogP contribution in [0, 0.1) is 5.92 Å². The van der Waals surface area contributed by atoms with E-state index in [2.05, 4.69) is 12.2 Å². The highest BCUT2D eigenvalue weighted by Crippen LogP contribution is 2.23. The lowest BCUT2D eigenvalue weighted by Crippen LogP contribution is -2.38. The second-order valence-corrected chi connectivity index (χ2v) is 4.63. The van der Waals surface area contributed by atoms with Gasteiger partial charge in [0, 0.05) is 12.6 Å². The zero-order valence-electron chi connectivity index (χ0n) is 8.59. The Morgan fingerprint density at radius 3 is 2.92 bits per heavy atom. The summed E-state index contributed by atoms with van der Waals surface area (Å²) in [5.74, 6) is 0.687. The Morgan fingerprint density at radius 2 is 2.00 bits per heavy atom. The first-order chi connectivity index (χ1) is 6.36. The third-order valence-corrected chi connectivity index (χ3v) is 3.28. The van der Waals surface area contributed by atoms with Crippen LogP contribution in [0.25, 0.3) is 0 Å². The minimum Gasteiger partial charge on any atom is -0.376 e. The number of rotatable bonds is 0. The third-order valence-electron chi connectivity index (χ3n) is 3.28. The molecular weight excluding hydrogens is 162 g/mol.